The summed E-state index contributed by atoms with van der Waals surface area (Å²) in [4.78, 5) is 13.7. The molecule has 1 aromatic carbocycles. The number of carbonyl (C=O) groups is 1. The molecule has 21 heavy (non-hydrogen) atoms. The molecule has 4 nitrogen and oxygen atoms in total. The van der Waals surface area contributed by atoms with Crippen LogP contribution in [-0.2, 0) is 11.2 Å². The van der Waals surface area contributed by atoms with Crippen LogP contribution in [0.25, 0.3) is 0 Å². The topological polar surface area (TPSA) is 41.6 Å². The van der Waals surface area contributed by atoms with Crippen LogP contribution in [0.15, 0.2) is 24.3 Å². The van der Waals surface area contributed by atoms with E-state index < -0.39 is 0 Å². The minimum Gasteiger partial charge on any atom is -0.441 e. The summed E-state index contributed by atoms with van der Waals surface area (Å²) >= 11 is 0. The maximum absolute atomic E-state index is 11.2. The second kappa shape index (κ2) is 6.67. The number of likely N-dealkylation sites (tertiary alicyclic amines) is 1. The van der Waals surface area contributed by atoms with Crippen LogP contribution in [0, 0.1) is 6.92 Å². The third-order valence-electron chi connectivity index (χ3n) is 4.47. The first-order valence-electron chi connectivity index (χ1n) is 7.40. The number of hydrogen-bond acceptors (Lipinski definition) is 3. The highest BCUT2D eigenvalue weighted by Crippen LogP contribution is 2.29. The highest BCUT2D eigenvalue weighted by molar-refractivity contribution is 5.85. The van der Waals surface area contributed by atoms with Gasteiger partial charge in [-0.2, -0.15) is 0 Å². The Bertz CT molecular complexity index is 482. The molecule has 0 radical (unpaired) electrons. The van der Waals surface area contributed by atoms with Gasteiger partial charge in [-0.05, 0) is 18.9 Å². The van der Waals surface area contributed by atoms with Crippen molar-refractivity contribution in [3.63, 3.8) is 0 Å². The highest BCUT2D eigenvalue weighted by atomic mass is 35.5. The van der Waals surface area contributed by atoms with E-state index in [4.69, 9.17) is 4.74 Å². The van der Waals surface area contributed by atoms with E-state index in [1.165, 1.54) is 11.1 Å². The minimum atomic E-state index is -0.252. The molecular formula is C16H23ClN2O2. The van der Waals surface area contributed by atoms with Gasteiger partial charge in [-0.1, -0.05) is 29.8 Å². The number of amides is 1. The average molecular weight is 311 g/mol. The Kier molecular flexibility index (Phi) is 5.12. The van der Waals surface area contributed by atoms with E-state index in [1.807, 2.05) is 0 Å². The van der Waals surface area contributed by atoms with Gasteiger partial charge in [0.2, 0.25) is 0 Å². The number of carbonyl (C=O) groups excluding carboxylic acids is 1. The average Bonchev–Trinajstić information content (AvgIpc) is 2.81. The number of halogens is 1. The van der Waals surface area contributed by atoms with Crippen molar-refractivity contribution < 1.29 is 9.53 Å². The van der Waals surface area contributed by atoms with Crippen LogP contribution in [0.3, 0.4) is 0 Å². The van der Waals surface area contributed by atoms with Crippen molar-refractivity contribution in [2.45, 2.75) is 31.8 Å². The summed E-state index contributed by atoms with van der Waals surface area (Å²) in [6, 6.07) is 8.77. The van der Waals surface area contributed by atoms with Crippen molar-refractivity contribution in [2.24, 2.45) is 0 Å². The van der Waals surface area contributed by atoms with E-state index in [0.717, 1.165) is 38.9 Å². The van der Waals surface area contributed by atoms with Gasteiger partial charge in [0, 0.05) is 32.5 Å². The Hall–Kier alpha value is -1.26. The normalized spacial score (nSPS) is 20.7. The van der Waals surface area contributed by atoms with Gasteiger partial charge < -0.3 is 15.0 Å². The summed E-state index contributed by atoms with van der Waals surface area (Å²) in [7, 11) is 0. The zero-order valence-electron chi connectivity index (χ0n) is 12.4. The maximum atomic E-state index is 11.2. The number of ether oxygens (including phenoxy) is 1. The number of nitrogens with one attached hydrogen (secondary N) is 1. The largest absolute Gasteiger partial charge is 0.441 e. The Morgan fingerprint density at radius 1 is 1.24 bits per heavy atom. The van der Waals surface area contributed by atoms with Gasteiger partial charge in [0.1, 0.15) is 5.60 Å². The molecule has 2 heterocycles. The Labute approximate surface area is 132 Å². The van der Waals surface area contributed by atoms with Crippen molar-refractivity contribution >= 4 is 18.5 Å². The fraction of sp³-hybridized carbons (Fsp3) is 0.562. The molecule has 3 rings (SSSR count). The summed E-state index contributed by atoms with van der Waals surface area (Å²) in [5.74, 6) is 0. The van der Waals surface area contributed by atoms with Crippen molar-refractivity contribution in [1.29, 1.82) is 0 Å². The molecule has 0 aromatic heterocycles. The Balaban J connectivity index is 0.00000161. The van der Waals surface area contributed by atoms with Crippen LogP contribution >= 0.6 is 12.4 Å². The van der Waals surface area contributed by atoms with Gasteiger partial charge in [-0.15, -0.1) is 12.4 Å². The number of aryl methyl sites for hydroxylation is 1. The van der Waals surface area contributed by atoms with Crippen LogP contribution < -0.4 is 5.32 Å². The van der Waals surface area contributed by atoms with Gasteiger partial charge in [-0.25, -0.2) is 4.79 Å². The van der Waals surface area contributed by atoms with E-state index in [9.17, 15) is 4.79 Å². The van der Waals surface area contributed by atoms with Crippen molar-refractivity contribution in [3.8, 4) is 0 Å². The first-order valence-corrected chi connectivity index (χ1v) is 7.40. The lowest BCUT2D eigenvalue weighted by Crippen LogP contribution is -2.47. The zero-order chi connectivity index (χ0) is 14.0. The third kappa shape index (κ3) is 3.89. The number of alkyl carbamates (subject to hydrolysis) is 1. The van der Waals surface area contributed by atoms with Crippen molar-refractivity contribution in [2.75, 3.05) is 26.2 Å². The molecule has 1 aromatic rings. The van der Waals surface area contributed by atoms with Crippen LogP contribution in [-0.4, -0.2) is 42.8 Å². The molecule has 2 saturated heterocycles. The lowest BCUT2D eigenvalue weighted by molar-refractivity contribution is 0.00123. The van der Waals surface area contributed by atoms with Crippen LogP contribution in [0.1, 0.15) is 24.0 Å². The number of hydrogen-bond donors (Lipinski definition) is 1. The number of benzene rings is 1. The van der Waals surface area contributed by atoms with Gasteiger partial charge in [-0.3, -0.25) is 0 Å². The standard InChI is InChI=1S/C16H22N2O2.ClH/c1-13-2-4-14(5-3-13)6-9-18-10-7-16(8-11-18)12-17-15(19)20-16;/h2-5H,6-12H2,1H3,(H,17,19);1H. The molecule has 0 unspecified atom stereocenters. The van der Waals surface area contributed by atoms with Gasteiger partial charge >= 0.3 is 6.09 Å². The van der Waals surface area contributed by atoms with Crippen molar-refractivity contribution in [1.82, 2.24) is 10.2 Å². The number of rotatable bonds is 3. The van der Waals surface area contributed by atoms with Gasteiger partial charge in [0.25, 0.3) is 0 Å². The molecule has 1 amide bonds. The van der Waals surface area contributed by atoms with Crippen LogP contribution in [0.4, 0.5) is 4.79 Å². The van der Waals surface area contributed by atoms with Gasteiger partial charge in [0.05, 0.1) is 6.54 Å². The van der Waals surface area contributed by atoms with E-state index in [2.05, 4.69) is 41.4 Å². The van der Waals surface area contributed by atoms with E-state index in [-0.39, 0.29) is 24.1 Å². The highest BCUT2D eigenvalue weighted by Gasteiger charge is 2.42. The summed E-state index contributed by atoms with van der Waals surface area (Å²) < 4.78 is 5.44. The first-order chi connectivity index (χ1) is 9.65. The SMILES string of the molecule is Cc1ccc(CCN2CCC3(CC2)CNC(=O)O3)cc1.Cl. The minimum absolute atomic E-state index is 0. The predicted molar refractivity (Wildman–Crippen MR) is 85.0 cm³/mol. The third-order valence-corrected chi connectivity index (χ3v) is 4.47. The summed E-state index contributed by atoms with van der Waals surface area (Å²) in [5.41, 5.74) is 2.48. The monoisotopic (exact) mass is 310 g/mol. The number of piperidine rings is 1. The molecule has 116 valence electrons. The molecule has 0 atom stereocenters. The summed E-state index contributed by atoms with van der Waals surface area (Å²) in [5, 5.41) is 2.78. The first kappa shape index (κ1) is 16.1. The molecule has 2 fully saturated rings. The second-order valence-corrected chi connectivity index (χ2v) is 6.00. The lowest BCUT2D eigenvalue weighted by Gasteiger charge is -2.37. The zero-order valence-corrected chi connectivity index (χ0v) is 13.2. The molecule has 1 spiro atoms. The van der Waals surface area contributed by atoms with Crippen LogP contribution in [0.5, 0.6) is 0 Å². The molecule has 0 bridgehead atoms. The fourth-order valence-electron chi connectivity index (χ4n) is 3.01. The van der Waals surface area contributed by atoms with E-state index in [0.29, 0.717) is 6.54 Å². The molecule has 0 saturated carbocycles. The van der Waals surface area contributed by atoms with Crippen molar-refractivity contribution in [3.05, 3.63) is 35.4 Å². The van der Waals surface area contributed by atoms with E-state index in [1.54, 1.807) is 0 Å². The van der Waals surface area contributed by atoms with Crippen LogP contribution in [0.2, 0.25) is 0 Å². The van der Waals surface area contributed by atoms with E-state index >= 15 is 0 Å². The molecule has 2 aliphatic rings. The molecule has 0 aliphatic carbocycles. The fourth-order valence-corrected chi connectivity index (χ4v) is 3.01. The summed E-state index contributed by atoms with van der Waals surface area (Å²) in [6.07, 6.45) is 2.73. The molecular weight excluding hydrogens is 288 g/mol. The predicted octanol–water partition coefficient (Wildman–Crippen LogP) is 2.53. The quantitative estimate of drug-likeness (QED) is 0.933. The smallest absolute Gasteiger partial charge is 0.407 e. The van der Waals surface area contributed by atoms with Gasteiger partial charge in [0.15, 0.2) is 0 Å². The molecule has 2 aliphatic heterocycles. The molecule has 5 heteroatoms. The molecule has 1 N–H and O–H groups in total. The number of nitrogens with zero attached hydrogens (tertiary/aromatic N) is 1. The Morgan fingerprint density at radius 3 is 2.48 bits per heavy atom. The maximum Gasteiger partial charge on any atom is 0.407 e. The summed E-state index contributed by atoms with van der Waals surface area (Å²) in [6.45, 7) is 5.91. The Morgan fingerprint density at radius 2 is 1.90 bits per heavy atom. The second-order valence-electron chi connectivity index (χ2n) is 6.00. The lowest BCUT2D eigenvalue weighted by atomic mass is 9.91.